The van der Waals surface area contributed by atoms with Crippen LogP contribution in [0, 0.1) is 69.0 Å². The average molecular weight is 842 g/mol. The van der Waals surface area contributed by atoms with Gasteiger partial charge in [-0.25, -0.2) is 0 Å². The quantitative estimate of drug-likeness (QED) is 0.121. The van der Waals surface area contributed by atoms with Crippen LogP contribution in [-0.4, -0.2) is 0 Å². The Labute approximate surface area is 364 Å². The molecule has 0 N–H and O–H groups in total. The van der Waals surface area contributed by atoms with Gasteiger partial charge in [-0.15, -0.1) is 39.7 Å². The largest absolute Gasteiger partial charge is 3.00 e. The first kappa shape index (κ1) is 47.6. The number of benzene rings is 4. The standard InChI is InChI=1S/C27H30.C25H25.2ClH.Zr/c1-8-21-24-17-19(13-15-26(2,3)4)9-11-22(24)23-12-10-20(18-25(21)23)14-16-27(5,6)7;1-24(2,3)13-11-18-7-9-22-20(15-18)17-21-16-19(8-10-23(21)22)12-14-25(4,5)6;;;/h9-12,17-18,21H,8H2,1-7H3;7-10,15-17H,1-6H3;2*1H;/q;-1;;;+3/p-2. The van der Waals surface area contributed by atoms with Crippen LogP contribution in [0.4, 0.5) is 0 Å². The fraction of sp³-hybridized carbons (Fsp3) is 0.365. The molecule has 0 atom stereocenters. The molecule has 0 saturated heterocycles. The Hall–Kier alpha value is -3.55. The van der Waals surface area contributed by atoms with Crippen molar-refractivity contribution >= 4 is 21.5 Å². The van der Waals surface area contributed by atoms with Crippen LogP contribution >= 0.6 is 0 Å². The number of hydrogen-bond donors (Lipinski definition) is 0. The second kappa shape index (κ2) is 18.6. The van der Waals surface area contributed by atoms with Crippen molar-refractivity contribution in [3.05, 3.63) is 112 Å². The van der Waals surface area contributed by atoms with Crippen molar-refractivity contribution in [3.63, 3.8) is 0 Å². The minimum atomic E-state index is 0. The van der Waals surface area contributed by atoms with Crippen molar-refractivity contribution in [2.24, 2.45) is 21.7 Å². The van der Waals surface area contributed by atoms with E-state index in [9.17, 15) is 0 Å². The molecule has 0 bridgehead atoms. The van der Waals surface area contributed by atoms with Crippen molar-refractivity contribution in [2.45, 2.75) is 102 Å². The average Bonchev–Trinajstić information content (AvgIpc) is 3.57. The molecule has 5 aromatic rings. The van der Waals surface area contributed by atoms with Crippen LogP contribution in [0.25, 0.3) is 32.7 Å². The molecule has 0 nitrogen and oxygen atoms in total. The zero-order valence-electron chi connectivity index (χ0n) is 35.0. The summed E-state index contributed by atoms with van der Waals surface area (Å²) in [6.45, 7) is 28.0. The zero-order valence-corrected chi connectivity index (χ0v) is 39.0. The zero-order chi connectivity index (χ0) is 38.1. The molecule has 1 radical (unpaired) electrons. The monoisotopic (exact) mass is 839 g/mol. The molecule has 0 spiro atoms. The molecule has 0 saturated carbocycles. The van der Waals surface area contributed by atoms with Crippen LogP contribution in [0.15, 0.2) is 78.9 Å². The molecule has 5 aromatic carbocycles. The normalized spacial score (nSPS) is 11.8. The summed E-state index contributed by atoms with van der Waals surface area (Å²) in [5, 5.41) is 5.06. The van der Waals surface area contributed by atoms with E-state index in [0.717, 1.165) is 28.7 Å². The predicted molar refractivity (Wildman–Crippen MR) is 226 cm³/mol. The topological polar surface area (TPSA) is 0 Å². The van der Waals surface area contributed by atoms with Crippen LogP contribution in [0.2, 0.25) is 0 Å². The van der Waals surface area contributed by atoms with Gasteiger partial charge in [0.1, 0.15) is 0 Å². The van der Waals surface area contributed by atoms with Gasteiger partial charge in [-0.05, 0) is 147 Å². The van der Waals surface area contributed by atoms with Crippen molar-refractivity contribution in [3.8, 4) is 58.5 Å². The molecule has 0 aromatic heterocycles. The SMILES string of the molecule is CC(C)(C)C#Cc1ccc2c(c1)[cH-]c1cc(C#CC(C)(C)C)ccc12.CCC1c2cc(C#CC(C)(C)C)ccc2-c2ccc(C#CC(C)(C)C)cc21.[Cl-].[Cl-].[Zr+3]. The molecule has 0 unspecified atom stereocenters. The molecule has 0 aliphatic heterocycles. The number of hydrogen-bond acceptors (Lipinski definition) is 0. The molecule has 3 heteroatoms. The van der Waals surface area contributed by atoms with Gasteiger partial charge in [0.15, 0.2) is 0 Å². The van der Waals surface area contributed by atoms with Crippen LogP contribution in [0.5, 0.6) is 0 Å². The Morgan fingerprint density at radius 2 is 0.745 bits per heavy atom. The molecule has 0 amide bonds. The fourth-order valence-electron chi connectivity index (χ4n) is 6.17. The minimum Gasteiger partial charge on any atom is -1.00 e. The number of fused-ring (bicyclic) bond motifs is 6. The summed E-state index contributed by atoms with van der Waals surface area (Å²) in [5.41, 5.74) is 9.99. The van der Waals surface area contributed by atoms with Crippen molar-refractivity contribution in [1.82, 2.24) is 0 Å². The van der Waals surface area contributed by atoms with Crippen LogP contribution in [0.1, 0.15) is 136 Å². The summed E-state index contributed by atoms with van der Waals surface area (Å²) < 4.78 is 0. The Kier molecular flexibility index (Phi) is 16.1. The van der Waals surface area contributed by atoms with Crippen molar-refractivity contribution < 1.29 is 51.0 Å². The molecule has 1 aliphatic carbocycles. The maximum absolute atomic E-state index is 3.36. The van der Waals surface area contributed by atoms with E-state index < -0.39 is 0 Å². The van der Waals surface area contributed by atoms with E-state index in [1.807, 2.05) is 0 Å². The van der Waals surface area contributed by atoms with Crippen molar-refractivity contribution in [1.29, 1.82) is 0 Å². The smallest absolute Gasteiger partial charge is 1.00 e. The second-order valence-electron chi connectivity index (χ2n) is 18.3. The molecule has 1 aliphatic rings. The van der Waals surface area contributed by atoms with Gasteiger partial charge in [0.05, 0.1) is 0 Å². The third-order valence-electron chi connectivity index (χ3n) is 8.58. The maximum Gasteiger partial charge on any atom is 3.00 e. The third-order valence-corrected chi connectivity index (χ3v) is 8.58. The summed E-state index contributed by atoms with van der Waals surface area (Å²) in [7, 11) is 0. The number of halogens is 2. The van der Waals surface area contributed by atoms with E-state index in [2.05, 4.69) is 216 Å². The molecule has 55 heavy (non-hydrogen) atoms. The van der Waals surface area contributed by atoms with Gasteiger partial charge < -0.3 is 24.8 Å². The van der Waals surface area contributed by atoms with Gasteiger partial charge in [0.25, 0.3) is 0 Å². The maximum atomic E-state index is 3.36. The fourth-order valence-corrected chi connectivity index (χ4v) is 6.17. The molecule has 0 fully saturated rings. The van der Waals surface area contributed by atoms with Gasteiger partial charge >= 0.3 is 26.2 Å². The first-order chi connectivity index (χ1) is 24.2. The van der Waals surface area contributed by atoms with E-state index in [4.69, 9.17) is 0 Å². The summed E-state index contributed by atoms with van der Waals surface area (Å²) in [6.07, 6.45) is 1.09. The summed E-state index contributed by atoms with van der Waals surface area (Å²) in [6, 6.07) is 28.6. The summed E-state index contributed by atoms with van der Waals surface area (Å²) in [5.74, 6) is 27.1. The van der Waals surface area contributed by atoms with E-state index >= 15 is 0 Å². The number of rotatable bonds is 1. The van der Waals surface area contributed by atoms with E-state index in [-0.39, 0.29) is 72.7 Å². The van der Waals surface area contributed by atoms with Crippen molar-refractivity contribution in [2.75, 3.05) is 0 Å². The Balaban J connectivity index is 0.000000361. The first-order valence-corrected chi connectivity index (χ1v) is 18.7. The summed E-state index contributed by atoms with van der Waals surface area (Å²) in [4.78, 5) is 0. The van der Waals surface area contributed by atoms with Crippen LogP contribution in [0.3, 0.4) is 0 Å². The van der Waals surface area contributed by atoms with Crippen LogP contribution < -0.4 is 24.8 Å². The molecular formula is C52H55Cl2Zr. The van der Waals surface area contributed by atoms with Gasteiger partial charge in [0, 0.05) is 38.7 Å². The van der Waals surface area contributed by atoms with Gasteiger partial charge in [0.2, 0.25) is 0 Å². The molecule has 0 heterocycles. The minimum absolute atomic E-state index is 0. The Bertz CT molecular complexity index is 2230. The Morgan fingerprint density at radius 3 is 1.04 bits per heavy atom. The predicted octanol–water partition coefficient (Wildman–Crippen LogP) is 7.52. The second-order valence-corrected chi connectivity index (χ2v) is 18.3. The van der Waals surface area contributed by atoms with Gasteiger partial charge in [-0.3, -0.25) is 0 Å². The van der Waals surface area contributed by atoms with E-state index in [1.165, 1.54) is 43.8 Å². The first-order valence-electron chi connectivity index (χ1n) is 18.7. The van der Waals surface area contributed by atoms with E-state index in [1.54, 1.807) is 0 Å². The van der Waals surface area contributed by atoms with Crippen LogP contribution in [-0.2, 0) is 26.2 Å². The summed E-state index contributed by atoms with van der Waals surface area (Å²) >= 11 is 0. The molecule has 6 rings (SSSR count). The van der Waals surface area contributed by atoms with Gasteiger partial charge in [-0.1, -0.05) is 90.7 Å². The van der Waals surface area contributed by atoms with E-state index in [0.29, 0.717) is 5.92 Å². The molecule has 281 valence electrons. The molecular weight excluding hydrogens is 787 g/mol. The van der Waals surface area contributed by atoms with Gasteiger partial charge in [-0.2, -0.15) is 0 Å². The third kappa shape index (κ3) is 13.3. The Morgan fingerprint density at radius 1 is 0.455 bits per heavy atom.